The summed E-state index contributed by atoms with van der Waals surface area (Å²) in [6.45, 7) is -0.121. The van der Waals surface area contributed by atoms with Crippen LogP contribution in [0.1, 0.15) is 0 Å². The first kappa shape index (κ1) is 13.8. The van der Waals surface area contributed by atoms with Gasteiger partial charge in [-0.3, -0.25) is 0 Å². The molecule has 0 spiro atoms. The van der Waals surface area contributed by atoms with Crippen LogP contribution in [-0.2, 0) is 0 Å². The Kier molecular flexibility index (Phi) is 3.99. The van der Waals surface area contributed by atoms with E-state index < -0.39 is 9.62 Å². The van der Waals surface area contributed by atoms with E-state index in [1.807, 2.05) is 0 Å². The average molecular weight is 288 g/mol. The Morgan fingerprint density at radius 2 is 1.28 bits per heavy atom. The van der Waals surface area contributed by atoms with E-state index in [4.69, 9.17) is 0 Å². The standard InChI is InChI=1S/C10H12N2O4S2/c13-11(14)7-3-1-5-9(11)17-18-10-6-2-4-8-12(10,15)16/h1-6,13,15H,7-8H2. The van der Waals surface area contributed by atoms with E-state index in [1.165, 1.54) is 12.2 Å². The minimum absolute atomic E-state index is 0.0607. The molecule has 8 heteroatoms. The fourth-order valence-electron chi connectivity index (χ4n) is 1.38. The van der Waals surface area contributed by atoms with Crippen molar-refractivity contribution < 1.29 is 20.0 Å². The van der Waals surface area contributed by atoms with Gasteiger partial charge in [0, 0.05) is 33.7 Å². The summed E-state index contributed by atoms with van der Waals surface area (Å²) in [5, 5.41) is 42.7. The van der Waals surface area contributed by atoms with Crippen LogP contribution in [0, 0.1) is 10.4 Å². The molecule has 0 bridgehead atoms. The molecule has 2 heterocycles. The number of hydroxylamine groups is 8. The van der Waals surface area contributed by atoms with Gasteiger partial charge in [-0.05, 0) is 12.2 Å². The molecule has 2 rings (SSSR count). The van der Waals surface area contributed by atoms with Gasteiger partial charge in [0.25, 0.3) is 0 Å². The van der Waals surface area contributed by atoms with Gasteiger partial charge in [0.15, 0.2) is 0 Å². The highest BCUT2D eigenvalue weighted by Crippen LogP contribution is 2.43. The van der Waals surface area contributed by atoms with Crippen molar-refractivity contribution in [3.63, 3.8) is 0 Å². The molecule has 0 aromatic rings. The Morgan fingerprint density at radius 3 is 1.61 bits per heavy atom. The van der Waals surface area contributed by atoms with Gasteiger partial charge in [0.1, 0.15) is 13.1 Å². The number of nitrogens with zero attached hydrogens (tertiary/aromatic N) is 2. The normalized spacial score (nSPS) is 35.3. The van der Waals surface area contributed by atoms with E-state index in [2.05, 4.69) is 0 Å². The van der Waals surface area contributed by atoms with Crippen molar-refractivity contribution in [3.8, 4) is 0 Å². The monoisotopic (exact) mass is 288 g/mol. The van der Waals surface area contributed by atoms with Gasteiger partial charge in [-0.2, -0.15) is 9.62 Å². The van der Waals surface area contributed by atoms with Crippen molar-refractivity contribution in [2.75, 3.05) is 13.1 Å². The molecule has 0 aliphatic carbocycles. The van der Waals surface area contributed by atoms with Crippen LogP contribution in [0.2, 0.25) is 0 Å². The number of allylic oxidation sites excluding steroid dienone is 4. The maximum absolute atomic E-state index is 11.6. The molecular weight excluding hydrogens is 276 g/mol. The average Bonchev–Trinajstić information content (AvgIpc) is 2.28. The third-order valence-corrected chi connectivity index (χ3v) is 4.90. The topological polar surface area (TPSA) is 86.6 Å². The Balaban J connectivity index is 2.04. The Labute approximate surface area is 112 Å². The summed E-state index contributed by atoms with van der Waals surface area (Å²) in [5.41, 5.74) is 0. The number of hydrogen-bond acceptors (Lipinski definition) is 6. The smallest absolute Gasteiger partial charge is 0.211 e. The fourth-order valence-corrected chi connectivity index (χ4v) is 3.74. The molecule has 0 radical (unpaired) electrons. The summed E-state index contributed by atoms with van der Waals surface area (Å²) < 4.78 is 0. The minimum atomic E-state index is -1.48. The number of hydrogen-bond donors (Lipinski definition) is 2. The predicted molar refractivity (Wildman–Crippen MR) is 70.2 cm³/mol. The van der Waals surface area contributed by atoms with E-state index in [1.54, 1.807) is 24.3 Å². The van der Waals surface area contributed by atoms with E-state index in [-0.39, 0.29) is 23.1 Å². The first-order chi connectivity index (χ1) is 8.42. The van der Waals surface area contributed by atoms with Crippen LogP contribution >= 0.6 is 21.6 Å². The van der Waals surface area contributed by atoms with Crippen LogP contribution in [0.25, 0.3) is 0 Å². The summed E-state index contributed by atoms with van der Waals surface area (Å²) in [5.74, 6) is 0. The lowest BCUT2D eigenvalue weighted by Crippen LogP contribution is -2.38. The second-order valence-corrected chi connectivity index (χ2v) is 5.97. The Hall–Kier alpha value is -0.580. The van der Waals surface area contributed by atoms with Crippen LogP contribution in [0.3, 0.4) is 0 Å². The van der Waals surface area contributed by atoms with Crippen LogP contribution in [-0.4, -0.2) is 33.1 Å². The van der Waals surface area contributed by atoms with Crippen LogP contribution < -0.4 is 0 Å². The van der Waals surface area contributed by atoms with Crippen LogP contribution in [0.15, 0.2) is 46.5 Å². The van der Waals surface area contributed by atoms with Crippen LogP contribution in [0.4, 0.5) is 0 Å². The maximum atomic E-state index is 11.6. The molecule has 2 atom stereocenters. The summed E-state index contributed by atoms with van der Waals surface area (Å²) in [6, 6.07) is 0. The summed E-state index contributed by atoms with van der Waals surface area (Å²) >= 11 is 0. The third-order valence-electron chi connectivity index (χ3n) is 2.36. The van der Waals surface area contributed by atoms with Gasteiger partial charge in [0.05, 0.1) is 0 Å². The largest absolute Gasteiger partial charge is 0.593 e. The van der Waals surface area contributed by atoms with Crippen molar-refractivity contribution in [2.24, 2.45) is 0 Å². The first-order valence-electron chi connectivity index (χ1n) is 5.15. The Bertz CT molecular complexity index is 413. The second kappa shape index (κ2) is 5.19. The van der Waals surface area contributed by atoms with Gasteiger partial charge in [-0.15, -0.1) is 0 Å². The zero-order valence-electron chi connectivity index (χ0n) is 9.30. The summed E-state index contributed by atoms with van der Waals surface area (Å²) in [6.07, 6.45) is 9.44. The van der Waals surface area contributed by atoms with Crippen LogP contribution in [0.5, 0.6) is 0 Å². The highest BCUT2D eigenvalue weighted by atomic mass is 33.1. The highest BCUT2D eigenvalue weighted by Gasteiger charge is 2.28. The molecule has 18 heavy (non-hydrogen) atoms. The van der Waals surface area contributed by atoms with Crippen molar-refractivity contribution in [1.29, 1.82) is 0 Å². The third kappa shape index (κ3) is 3.05. The van der Waals surface area contributed by atoms with Gasteiger partial charge in [-0.1, -0.05) is 12.2 Å². The van der Waals surface area contributed by atoms with E-state index in [0.717, 1.165) is 21.6 Å². The van der Waals surface area contributed by atoms with Gasteiger partial charge in [0.2, 0.25) is 10.1 Å². The Morgan fingerprint density at radius 1 is 0.889 bits per heavy atom. The van der Waals surface area contributed by atoms with Crippen molar-refractivity contribution in [3.05, 3.63) is 56.9 Å². The summed E-state index contributed by atoms with van der Waals surface area (Å²) in [7, 11) is 1.94. The molecule has 0 saturated carbocycles. The lowest BCUT2D eigenvalue weighted by molar-refractivity contribution is -1.02. The number of rotatable bonds is 3. The first-order valence-corrected chi connectivity index (χ1v) is 7.30. The SMILES string of the molecule is [O-][N+]1(O)CC=CC=C1SSC1=CC=CC[N+]1([O-])O. The molecule has 2 N–H and O–H groups in total. The van der Waals surface area contributed by atoms with E-state index >= 15 is 0 Å². The molecule has 2 aliphatic heterocycles. The predicted octanol–water partition coefficient (Wildman–Crippen LogP) is 2.60. The second-order valence-electron chi connectivity index (χ2n) is 3.80. The van der Waals surface area contributed by atoms with Crippen molar-refractivity contribution in [1.82, 2.24) is 0 Å². The molecule has 2 aliphatic rings. The van der Waals surface area contributed by atoms with Crippen molar-refractivity contribution >= 4 is 21.6 Å². The molecule has 0 amide bonds. The minimum Gasteiger partial charge on any atom is -0.593 e. The quantitative estimate of drug-likeness (QED) is 0.471. The highest BCUT2D eigenvalue weighted by molar-refractivity contribution is 8.79. The molecule has 98 valence electrons. The zero-order chi connectivity index (χ0) is 13.2. The molecule has 6 nitrogen and oxygen atoms in total. The molecule has 0 fully saturated rings. The number of quaternary nitrogens is 2. The molecule has 2 unspecified atom stereocenters. The van der Waals surface area contributed by atoms with Crippen molar-refractivity contribution in [2.45, 2.75) is 0 Å². The van der Waals surface area contributed by atoms with Gasteiger partial charge in [-0.25, -0.2) is 10.4 Å². The van der Waals surface area contributed by atoms with Gasteiger partial charge < -0.3 is 10.4 Å². The fraction of sp³-hybridized carbons (Fsp3) is 0.200. The lowest BCUT2D eigenvalue weighted by atomic mass is 10.4. The zero-order valence-corrected chi connectivity index (χ0v) is 10.9. The lowest BCUT2D eigenvalue weighted by Gasteiger charge is -2.36. The van der Waals surface area contributed by atoms with Gasteiger partial charge >= 0.3 is 0 Å². The molecule has 0 aromatic heterocycles. The molecule has 0 aromatic carbocycles. The van der Waals surface area contributed by atoms with E-state index in [9.17, 15) is 20.8 Å². The molecular formula is C10H12N2O4S2. The molecule has 0 saturated heterocycles. The summed E-state index contributed by atoms with van der Waals surface area (Å²) in [4.78, 5) is -2.97. The maximum Gasteiger partial charge on any atom is 0.211 e. The van der Waals surface area contributed by atoms with E-state index in [0.29, 0.717) is 0 Å².